The molecule has 2 amide bonds. The van der Waals surface area contributed by atoms with Gasteiger partial charge in [0.2, 0.25) is 0 Å². The minimum atomic E-state index is -1.20. The maximum absolute atomic E-state index is 15.2. The maximum atomic E-state index is 15.2. The molecule has 5 saturated carbocycles. The van der Waals surface area contributed by atoms with Crippen molar-refractivity contribution in [1.29, 1.82) is 0 Å². The van der Waals surface area contributed by atoms with Crippen molar-refractivity contribution in [3.8, 4) is 11.1 Å². The summed E-state index contributed by atoms with van der Waals surface area (Å²) in [5.41, 5.74) is 5.30. The molecule has 0 saturated heterocycles. The minimum absolute atomic E-state index is 0.0397. The quantitative estimate of drug-likeness (QED) is 0.122. The van der Waals surface area contributed by atoms with Gasteiger partial charge in [0.05, 0.1) is 18.2 Å². The third kappa shape index (κ3) is 7.95. The van der Waals surface area contributed by atoms with Gasteiger partial charge in [-0.1, -0.05) is 104 Å². The van der Waals surface area contributed by atoms with Gasteiger partial charge in [-0.05, 0) is 160 Å². The molecular weight excluding hydrogens is 729 g/mol. The minimum Gasteiger partial charge on any atom is -0.393 e. The number of para-hydroxylation sites is 1. The number of benzene rings is 4. The van der Waals surface area contributed by atoms with Crippen molar-refractivity contribution in [2.75, 3.05) is 18.4 Å². The van der Waals surface area contributed by atoms with Crippen molar-refractivity contribution in [3.05, 3.63) is 137 Å². The second-order valence-electron chi connectivity index (χ2n) is 19.8. The van der Waals surface area contributed by atoms with Gasteiger partial charge in [0, 0.05) is 28.8 Å². The number of aliphatic hydroxyl groups is 2. The molecule has 6 bridgehead atoms. The summed E-state index contributed by atoms with van der Waals surface area (Å²) in [5, 5.41) is 27.9. The van der Waals surface area contributed by atoms with Crippen molar-refractivity contribution in [3.63, 3.8) is 0 Å². The lowest BCUT2D eigenvalue weighted by Crippen LogP contribution is -2.58. The van der Waals surface area contributed by atoms with Crippen molar-refractivity contribution in [2.24, 2.45) is 28.6 Å². The summed E-state index contributed by atoms with van der Waals surface area (Å²) in [4.78, 5) is 31.8. The molecule has 4 atom stereocenters. The van der Waals surface area contributed by atoms with Crippen molar-refractivity contribution >= 4 is 17.5 Å². The number of hydrogen-bond acceptors (Lipinski definition) is 4. The van der Waals surface area contributed by atoms with Crippen LogP contribution in [0.3, 0.4) is 0 Å². The number of hydrogen-bond donors (Lipinski definition) is 3. The highest BCUT2D eigenvalue weighted by Crippen LogP contribution is 2.62. The van der Waals surface area contributed by atoms with Crippen LogP contribution in [0.25, 0.3) is 11.1 Å². The molecule has 59 heavy (non-hydrogen) atoms. The van der Waals surface area contributed by atoms with E-state index >= 15 is 4.79 Å². The molecule has 5 fully saturated rings. The molecule has 0 heterocycles. The molecule has 308 valence electrons. The zero-order valence-electron chi connectivity index (χ0n) is 35.0. The van der Waals surface area contributed by atoms with Crippen LogP contribution in [-0.4, -0.2) is 51.7 Å². The van der Waals surface area contributed by atoms with Crippen LogP contribution in [0, 0.1) is 28.6 Å². The Labute approximate surface area is 351 Å². The second-order valence-corrected chi connectivity index (χ2v) is 19.8. The molecule has 0 unspecified atom stereocenters. The van der Waals surface area contributed by atoms with Gasteiger partial charge in [-0.15, -0.1) is 0 Å². The number of nitrogens with one attached hydrogen (secondary N) is 1. The third-order valence-electron chi connectivity index (χ3n) is 15.6. The summed E-state index contributed by atoms with van der Waals surface area (Å²) >= 11 is 0. The maximum Gasteiger partial charge on any atom is 0.321 e. The number of ketones is 1. The first-order valence-electron chi connectivity index (χ1n) is 22.5. The van der Waals surface area contributed by atoms with Crippen LogP contribution < -0.4 is 5.32 Å². The zero-order valence-corrected chi connectivity index (χ0v) is 35.0. The smallest absolute Gasteiger partial charge is 0.321 e. The fourth-order valence-electron chi connectivity index (χ4n) is 13.0. The molecule has 0 aliphatic heterocycles. The molecule has 0 aromatic heterocycles. The molecule has 7 aliphatic carbocycles. The zero-order chi connectivity index (χ0) is 40.8. The second kappa shape index (κ2) is 16.2. The molecule has 4 aromatic rings. The van der Waals surface area contributed by atoms with Gasteiger partial charge in [0.25, 0.3) is 0 Å². The van der Waals surface area contributed by atoms with Gasteiger partial charge >= 0.3 is 6.03 Å². The fraction of sp³-hybridized carbons (Fsp3) is 0.472. The average molecular weight is 791 g/mol. The van der Waals surface area contributed by atoms with Crippen LogP contribution in [0.5, 0.6) is 0 Å². The normalized spacial score (nSPS) is 31.3. The van der Waals surface area contributed by atoms with E-state index in [1.165, 1.54) is 44.1 Å². The van der Waals surface area contributed by atoms with Crippen LogP contribution >= 0.6 is 0 Å². The number of carbonyl (C=O) groups excluding carboxylic acids is 2. The monoisotopic (exact) mass is 790 g/mol. The van der Waals surface area contributed by atoms with Gasteiger partial charge in [-0.3, -0.25) is 4.79 Å². The largest absolute Gasteiger partial charge is 0.393 e. The van der Waals surface area contributed by atoms with E-state index in [4.69, 9.17) is 0 Å². The predicted molar refractivity (Wildman–Crippen MR) is 236 cm³/mol. The Morgan fingerprint density at radius 3 is 2.15 bits per heavy atom. The van der Waals surface area contributed by atoms with Crippen molar-refractivity contribution in [2.45, 2.75) is 115 Å². The highest BCUT2D eigenvalue weighted by Gasteiger charge is 2.59. The predicted octanol–water partition coefficient (Wildman–Crippen LogP) is 11.4. The van der Waals surface area contributed by atoms with E-state index in [2.05, 4.69) is 37.4 Å². The van der Waals surface area contributed by atoms with Crippen molar-refractivity contribution in [1.82, 2.24) is 4.90 Å². The molecule has 4 aromatic carbocycles. The molecule has 6 nitrogen and oxygen atoms in total. The Hall–Kier alpha value is -4.52. The Morgan fingerprint density at radius 1 is 0.780 bits per heavy atom. The van der Waals surface area contributed by atoms with E-state index in [9.17, 15) is 15.0 Å². The first-order valence-corrected chi connectivity index (χ1v) is 22.5. The number of aliphatic hydroxyl groups excluding tert-OH is 1. The lowest BCUT2D eigenvalue weighted by atomic mass is 9.49. The van der Waals surface area contributed by atoms with Crippen LogP contribution in [-0.2, 0) is 6.42 Å². The Bertz CT molecular complexity index is 2160. The summed E-state index contributed by atoms with van der Waals surface area (Å²) < 4.78 is 0. The van der Waals surface area contributed by atoms with E-state index in [1.54, 1.807) is 0 Å². The van der Waals surface area contributed by atoms with E-state index in [1.807, 2.05) is 95.9 Å². The summed E-state index contributed by atoms with van der Waals surface area (Å²) in [5.74, 6) is 2.07. The van der Waals surface area contributed by atoms with Crippen LogP contribution in [0.2, 0.25) is 0 Å². The molecule has 3 N–H and O–H groups in total. The average Bonchev–Trinajstić information content (AvgIpc) is 3.47. The standard InChI is InChI=1S/C53H62N2O4/c1-36-12-11-24-51(2)48(45-22-20-37(29-43(56)21-19-36)30-47(45)49(57)46-18-10-9-17-44(46)41-13-5-3-6-14-41)23-25-53(51,59)35-55(50(58)54-42-15-7-4-8-16-42)34-52-31-38-26-39(32-52)28-40(27-38)33-52/h3-10,12-18,20,22,30,38-40,43,48,56,59H,11,19,21,23-29,31-35H2,1-2H3,(H,54,58)/t38?,39?,40?,43-,48-,51-,52?,53+/m0/s1. The molecule has 0 radical (unpaired) electrons. The lowest BCUT2D eigenvalue weighted by Gasteiger charge is -2.58. The first kappa shape index (κ1) is 39.9. The van der Waals surface area contributed by atoms with Crippen LogP contribution in [0.15, 0.2) is 115 Å². The number of fused-ring (bicyclic) bond motifs is 8. The Morgan fingerprint density at radius 2 is 1.44 bits per heavy atom. The van der Waals surface area contributed by atoms with E-state index in [0.29, 0.717) is 49.8 Å². The number of allylic oxidation sites excluding steroid dienone is 2. The number of rotatable bonds is 8. The van der Waals surface area contributed by atoms with Crippen LogP contribution in [0.4, 0.5) is 10.5 Å². The molecule has 0 spiro atoms. The van der Waals surface area contributed by atoms with E-state index in [0.717, 1.165) is 58.5 Å². The molecule has 6 heteroatoms. The summed E-state index contributed by atoms with van der Waals surface area (Å²) in [6, 6.07) is 33.8. The molecule has 11 rings (SSSR count). The fourth-order valence-corrected chi connectivity index (χ4v) is 13.0. The van der Waals surface area contributed by atoms with E-state index in [-0.39, 0.29) is 29.7 Å². The summed E-state index contributed by atoms with van der Waals surface area (Å²) in [6.07, 6.45) is 13.9. The van der Waals surface area contributed by atoms with Gasteiger partial charge in [0.1, 0.15) is 0 Å². The summed E-state index contributed by atoms with van der Waals surface area (Å²) in [6.45, 7) is 5.29. The highest BCUT2D eigenvalue weighted by molar-refractivity contribution is 6.14. The topological polar surface area (TPSA) is 89.9 Å². The van der Waals surface area contributed by atoms with E-state index < -0.39 is 17.1 Å². The van der Waals surface area contributed by atoms with Gasteiger partial charge < -0.3 is 20.4 Å². The number of carbonyl (C=O) groups is 2. The molecule has 7 aliphatic rings. The molecular formula is C53H62N2O4. The SMILES string of the molecule is CC1=CCC[C@@]2(C)[C@@H](CC[C@@]2(O)CN(CC23CC4CC(CC(C4)C2)C3)C(=O)Nc2ccccc2)c2ccc(cc2C(=O)c2ccccc2-c2ccccc2)C[C@@H](O)CC1. The Balaban J connectivity index is 1.11. The van der Waals surface area contributed by atoms with Crippen LogP contribution in [0.1, 0.15) is 124 Å². The first-order chi connectivity index (χ1) is 28.5. The summed E-state index contributed by atoms with van der Waals surface area (Å²) in [7, 11) is 0. The van der Waals surface area contributed by atoms with Gasteiger partial charge in [0.15, 0.2) is 5.78 Å². The Kier molecular flexibility index (Phi) is 10.9. The van der Waals surface area contributed by atoms with Gasteiger partial charge in [-0.2, -0.15) is 0 Å². The number of nitrogens with zero attached hydrogens (tertiary/aromatic N) is 1. The van der Waals surface area contributed by atoms with Gasteiger partial charge in [-0.25, -0.2) is 4.79 Å². The number of amides is 2. The van der Waals surface area contributed by atoms with Crippen molar-refractivity contribution < 1.29 is 19.8 Å². The highest BCUT2D eigenvalue weighted by atomic mass is 16.3. The third-order valence-corrected chi connectivity index (χ3v) is 15.6. The number of anilines is 1. The lowest BCUT2D eigenvalue weighted by molar-refractivity contribution is -0.0975. The number of urea groups is 1.